The van der Waals surface area contributed by atoms with E-state index in [2.05, 4.69) is 19.9 Å². The van der Waals surface area contributed by atoms with Gasteiger partial charge in [-0.25, -0.2) is 0 Å². The first-order valence-electron chi connectivity index (χ1n) is 9.78. The largest absolute Gasteiger partial charge is 0.490 e. The third-order valence-corrected chi connectivity index (χ3v) is 4.98. The van der Waals surface area contributed by atoms with E-state index >= 15 is 0 Å². The number of ether oxygens (including phenoxy) is 2. The minimum atomic E-state index is -0.261. The maximum atomic E-state index is 12.2. The molecule has 1 saturated carbocycles. The van der Waals surface area contributed by atoms with Crippen molar-refractivity contribution < 1.29 is 9.47 Å². The van der Waals surface area contributed by atoms with Gasteiger partial charge in [0.05, 0.1) is 23.2 Å². The van der Waals surface area contributed by atoms with Gasteiger partial charge in [0.15, 0.2) is 0 Å². The first kappa shape index (κ1) is 18.2. The van der Waals surface area contributed by atoms with Crippen LogP contribution in [0.25, 0.3) is 10.9 Å². The Morgan fingerprint density at radius 3 is 2.30 bits per heavy atom. The van der Waals surface area contributed by atoms with Crippen LogP contribution in [0.5, 0.6) is 17.5 Å². The average Bonchev–Trinajstić information content (AvgIpc) is 3.58. The summed E-state index contributed by atoms with van der Waals surface area (Å²) in [5.41, 5.74) is 2.28. The van der Waals surface area contributed by atoms with Crippen LogP contribution in [-0.2, 0) is 0 Å². The number of rotatable bonds is 6. The second kappa shape index (κ2) is 7.51. The molecule has 150 valence electrons. The molecule has 4 aromatic rings. The highest BCUT2D eigenvalue weighted by atomic mass is 16.5. The summed E-state index contributed by atoms with van der Waals surface area (Å²) in [5.74, 6) is 1.48. The molecule has 1 fully saturated rings. The lowest BCUT2D eigenvalue weighted by molar-refractivity contribution is 0.303. The second-order valence-corrected chi connectivity index (χ2v) is 7.23. The van der Waals surface area contributed by atoms with Crippen molar-refractivity contribution in [2.75, 3.05) is 11.9 Å². The lowest BCUT2D eigenvalue weighted by Crippen LogP contribution is -2.10. The van der Waals surface area contributed by atoms with Crippen LogP contribution in [-0.4, -0.2) is 28.1 Å². The molecule has 0 spiro atoms. The van der Waals surface area contributed by atoms with Gasteiger partial charge in [0.2, 0.25) is 0 Å². The molecule has 1 aliphatic carbocycles. The number of H-pyrrole nitrogens is 1. The molecule has 5 rings (SSSR count). The molecule has 0 radical (unpaired) electrons. The molecule has 2 heterocycles. The van der Waals surface area contributed by atoms with Crippen LogP contribution in [0.15, 0.2) is 71.8 Å². The van der Waals surface area contributed by atoms with Crippen molar-refractivity contribution in [1.82, 2.24) is 15.0 Å². The van der Waals surface area contributed by atoms with Crippen molar-refractivity contribution in [3.8, 4) is 17.5 Å². The van der Waals surface area contributed by atoms with Gasteiger partial charge in [0, 0.05) is 24.6 Å². The summed E-state index contributed by atoms with van der Waals surface area (Å²) in [5, 5.41) is 0.475. The van der Waals surface area contributed by atoms with Crippen molar-refractivity contribution in [2.24, 2.45) is 0 Å². The third-order valence-electron chi connectivity index (χ3n) is 4.98. The molecule has 0 bridgehead atoms. The number of aromatic nitrogens is 3. The van der Waals surface area contributed by atoms with Crippen LogP contribution in [0, 0.1) is 0 Å². The molecule has 2 aromatic carbocycles. The van der Waals surface area contributed by atoms with Crippen molar-refractivity contribution in [1.29, 1.82) is 0 Å². The van der Waals surface area contributed by atoms with Gasteiger partial charge in [-0.15, -0.1) is 0 Å². The Hall–Kier alpha value is -3.87. The van der Waals surface area contributed by atoms with Crippen LogP contribution in [0.2, 0.25) is 0 Å². The molecule has 30 heavy (non-hydrogen) atoms. The summed E-state index contributed by atoms with van der Waals surface area (Å²) in [6, 6.07) is 17.4. The molecule has 0 aliphatic heterocycles. The van der Waals surface area contributed by atoms with Gasteiger partial charge in [-0.2, -0.15) is 4.98 Å². The Bertz CT molecular complexity index is 1230. The highest BCUT2D eigenvalue weighted by molar-refractivity contribution is 5.76. The molecular formula is C23H20N4O3. The Balaban J connectivity index is 1.30. The molecule has 1 aliphatic rings. The fourth-order valence-corrected chi connectivity index (χ4v) is 3.14. The molecule has 7 nitrogen and oxygen atoms in total. The summed E-state index contributed by atoms with van der Waals surface area (Å²) >= 11 is 0. The van der Waals surface area contributed by atoms with E-state index in [1.807, 2.05) is 55.6 Å². The van der Waals surface area contributed by atoms with E-state index in [0.717, 1.165) is 30.0 Å². The van der Waals surface area contributed by atoms with Crippen LogP contribution in [0.3, 0.4) is 0 Å². The highest BCUT2D eigenvalue weighted by Crippen LogP contribution is 2.30. The van der Waals surface area contributed by atoms with Gasteiger partial charge in [0.25, 0.3) is 5.56 Å². The summed E-state index contributed by atoms with van der Waals surface area (Å²) < 4.78 is 11.5. The van der Waals surface area contributed by atoms with Crippen LogP contribution in [0.1, 0.15) is 12.8 Å². The van der Waals surface area contributed by atoms with Crippen molar-refractivity contribution in [3.63, 3.8) is 0 Å². The quantitative estimate of drug-likeness (QED) is 0.516. The lowest BCUT2D eigenvalue weighted by atomic mass is 10.2. The number of benzene rings is 2. The van der Waals surface area contributed by atoms with Crippen LogP contribution < -0.4 is 19.9 Å². The number of fused-ring (bicyclic) bond motifs is 1. The first-order valence-corrected chi connectivity index (χ1v) is 9.78. The monoisotopic (exact) mass is 400 g/mol. The van der Waals surface area contributed by atoms with E-state index in [1.54, 1.807) is 12.3 Å². The molecule has 0 saturated heterocycles. The van der Waals surface area contributed by atoms with E-state index in [-0.39, 0.29) is 11.6 Å². The minimum absolute atomic E-state index is 0.132. The van der Waals surface area contributed by atoms with Gasteiger partial charge in [-0.05, 0) is 67.4 Å². The van der Waals surface area contributed by atoms with E-state index < -0.39 is 0 Å². The van der Waals surface area contributed by atoms with Crippen LogP contribution >= 0.6 is 0 Å². The van der Waals surface area contributed by atoms with Gasteiger partial charge in [0.1, 0.15) is 11.5 Å². The Kier molecular flexibility index (Phi) is 4.55. The van der Waals surface area contributed by atoms with Crippen molar-refractivity contribution in [3.05, 3.63) is 77.3 Å². The number of nitrogens with zero attached hydrogens (tertiary/aromatic N) is 3. The number of nitrogens with one attached hydrogen (secondary N) is 1. The fraction of sp³-hybridized carbons (Fsp3) is 0.174. The molecule has 0 atom stereocenters. The maximum Gasteiger partial charge on any atom is 0.302 e. The summed E-state index contributed by atoms with van der Waals surface area (Å²) in [6.07, 6.45) is 5.79. The van der Waals surface area contributed by atoms with Gasteiger partial charge in [-0.1, -0.05) is 0 Å². The van der Waals surface area contributed by atoms with E-state index in [0.29, 0.717) is 22.8 Å². The molecule has 0 amide bonds. The Morgan fingerprint density at radius 1 is 0.967 bits per heavy atom. The Morgan fingerprint density at radius 2 is 1.63 bits per heavy atom. The van der Waals surface area contributed by atoms with Gasteiger partial charge >= 0.3 is 6.01 Å². The minimum Gasteiger partial charge on any atom is -0.490 e. The number of aromatic amines is 1. The van der Waals surface area contributed by atoms with Gasteiger partial charge in [-0.3, -0.25) is 14.8 Å². The van der Waals surface area contributed by atoms with Crippen LogP contribution in [0.4, 0.5) is 11.4 Å². The van der Waals surface area contributed by atoms with Crippen molar-refractivity contribution >= 4 is 22.3 Å². The predicted molar refractivity (Wildman–Crippen MR) is 115 cm³/mol. The summed E-state index contributed by atoms with van der Waals surface area (Å²) in [7, 11) is 2.00. The normalized spacial score (nSPS) is 13.2. The number of pyridine rings is 1. The van der Waals surface area contributed by atoms with E-state index in [9.17, 15) is 4.79 Å². The maximum absolute atomic E-state index is 12.2. The smallest absolute Gasteiger partial charge is 0.302 e. The fourth-order valence-electron chi connectivity index (χ4n) is 3.14. The molecular weight excluding hydrogens is 380 g/mol. The van der Waals surface area contributed by atoms with Crippen molar-refractivity contribution in [2.45, 2.75) is 18.9 Å². The predicted octanol–water partition coefficient (Wildman–Crippen LogP) is 4.42. The number of anilines is 2. The molecule has 7 heteroatoms. The number of hydrogen-bond donors (Lipinski definition) is 1. The SMILES string of the molecule is CN(c1ccc(Oc2nc3cnccc3c(=O)[nH]2)cc1)c1ccc(OC2CC2)cc1. The zero-order chi connectivity index (χ0) is 20.5. The summed E-state index contributed by atoms with van der Waals surface area (Å²) in [6.45, 7) is 0. The van der Waals surface area contributed by atoms with Gasteiger partial charge < -0.3 is 14.4 Å². The molecule has 1 N–H and O–H groups in total. The topological polar surface area (TPSA) is 80.3 Å². The highest BCUT2D eigenvalue weighted by Gasteiger charge is 2.23. The number of hydrogen-bond acceptors (Lipinski definition) is 6. The zero-order valence-corrected chi connectivity index (χ0v) is 16.4. The van der Waals surface area contributed by atoms with E-state index in [4.69, 9.17) is 9.47 Å². The average molecular weight is 400 g/mol. The lowest BCUT2D eigenvalue weighted by Gasteiger charge is -2.20. The standard InChI is InChI=1S/C23H20N4O3/c1-27(15-2-6-17(7-3-15)29-18-10-11-18)16-4-8-19(9-5-16)30-23-25-21-14-24-13-12-20(21)22(28)26-23/h2-9,12-14,18H,10-11H2,1H3,(H,25,26,28). The van der Waals surface area contributed by atoms with E-state index in [1.165, 1.54) is 6.20 Å². The zero-order valence-electron chi connectivity index (χ0n) is 16.4. The molecule has 2 aromatic heterocycles. The Labute approximate surface area is 172 Å². The summed E-state index contributed by atoms with van der Waals surface area (Å²) in [4.78, 5) is 25.2. The second-order valence-electron chi connectivity index (χ2n) is 7.23. The third kappa shape index (κ3) is 3.82. The molecule has 0 unspecified atom stereocenters. The first-order chi connectivity index (χ1) is 14.7.